The van der Waals surface area contributed by atoms with Crippen LogP contribution in [0.4, 0.5) is 18.9 Å². The lowest BCUT2D eigenvalue weighted by Gasteiger charge is -2.42. The van der Waals surface area contributed by atoms with Gasteiger partial charge in [-0.3, -0.25) is 9.69 Å². The van der Waals surface area contributed by atoms with Gasteiger partial charge in [-0.2, -0.15) is 13.2 Å². The minimum absolute atomic E-state index is 0.0571. The fourth-order valence-electron chi connectivity index (χ4n) is 6.55. The lowest BCUT2D eigenvalue weighted by molar-refractivity contribution is -0.138. The van der Waals surface area contributed by atoms with Crippen LogP contribution in [0.1, 0.15) is 63.1 Å². The maximum Gasteiger partial charge on any atom is 0.416 e. The number of aryl methyl sites for hydroxylation is 1. The smallest absolute Gasteiger partial charge is 0.379 e. The van der Waals surface area contributed by atoms with Crippen LogP contribution in [-0.2, 0) is 35.8 Å². The number of benzene rings is 2. The molecule has 9 heteroatoms. The zero-order valence-electron chi connectivity index (χ0n) is 21.8. The Morgan fingerprint density at radius 3 is 2.56 bits per heavy atom. The number of rotatable bonds is 6. The number of amides is 1. The third-order valence-electron chi connectivity index (χ3n) is 9.17. The minimum Gasteiger partial charge on any atom is -0.379 e. The predicted molar refractivity (Wildman–Crippen MR) is 137 cm³/mol. The van der Waals surface area contributed by atoms with Gasteiger partial charge in [0.25, 0.3) is 5.91 Å². The average Bonchev–Trinajstić information content (AvgIpc) is 3.15. The van der Waals surface area contributed by atoms with E-state index in [4.69, 9.17) is 9.26 Å². The quantitative estimate of drug-likeness (QED) is 0.406. The molecule has 0 radical (unpaired) electrons. The van der Waals surface area contributed by atoms with Gasteiger partial charge in [0, 0.05) is 41.7 Å². The van der Waals surface area contributed by atoms with Crippen molar-refractivity contribution in [3.05, 3.63) is 81.7 Å². The first-order chi connectivity index (χ1) is 18.6. The summed E-state index contributed by atoms with van der Waals surface area (Å²) in [6, 6.07) is 10.5. The van der Waals surface area contributed by atoms with Crippen LogP contribution in [0.25, 0.3) is 0 Å². The van der Waals surface area contributed by atoms with Crippen molar-refractivity contribution in [2.75, 3.05) is 31.2 Å². The molecule has 3 aliphatic heterocycles. The van der Waals surface area contributed by atoms with Gasteiger partial charge in [0.05, 0.1) is 31.0 Å². The van der Waals surface area contributed by atoms with Gasteiger partial charge < -0.3 is 14.2 Å². The number of nitrogens with zero attached hydrogens (tertiary/aromatic N) is 3. The van der Waals surface area contributed by atoms with E-state index in [2.05, 4.69) is 10.1 Å². The molecule has 4 aliphatic rings. The predicted octanol–water partition coefficient (Wildman–Crippen LogP) is 5.66. The molecule has 1 saturated carbocycles. The highest BCUT2D eigenvalue weighted by molar-refractivity contribution is 6.10. The largest absolute Gasteiger partial charge is 0.416 e. The van der Waals surface area contributed by atoms with Crippen LogP contribution in [0.2, 0.25) is 0 Å². The van der Waals surface area contributed by atoms with Crippen LogP contribution in [0.5, 0.6) is 0 Å². The van der Waals surface area contributed by atoms with E-state index >= 15 is 0 Å². The second-order valence-corrected chi connectivity index (χ2v) is 12.0. The minimum atomic E-state index is -4.54. The van der Waals surface area contributed by atoms with Gasteiger partial charge in [0.15, 0.2) is 0 Å². The Morgan fingerprint density at radius 1 is 1.10 bits per heavy atom. The van der Waals surface area contributed by atoms with Gasteiger partial charge >= 0.3 is 6.18 Å². The van der Waals surface area contributed by atoms with E-state index in [0.717, 1.165) is 36.3 Å². The van der Waals surface area contributed by atoms with Gasteiger partial charge in [0.1, 0.15) is 6.26 Å². The maximum absolute atomic E-state index is 14.2. The molecular formula is C30H30F3N3O3. The number of aromatic nitrogens is 1. The topological polar surface area (TPSA) is 58.8 Å². The van der Waals surface area contributed by atoms with Gasteiger partial charge in [-0.15, -0.1) is 0 Å². The first-order valence-electron chi connectivity index (χ1n) is 13.5. The third kappa shape index (κ3) is 4.26. The number of ether oxygens (including phenoxy) is 1. The number of carbonyl (C=O) groups excluding carboxylic acids is 1. The van der Waals surface area contributed by atoms with E-state index in [1.54, 1.807) is 18.4 Å². The summed E-state index contributed by atoms with van der Waals surface area (Å²) in [4.78, 5) is 17.3. The molecule has 0 atom stereocenters. The Morgan fingerprint density at radius 2 is 1.92 bits per heavy atom. The Balaban J connectivity index is 1.19. The Hall–Kier alpha value is -3.17. The van der Waals surface area contributed by atoms with Gasteiger partial charge in [-0.25, -0.2) is 0 Å². The molecule has 0 N–H and O–H groups in total. The van der Waals surface area contributed by atoms with Crippen LogP contribution in [0.15, 0.2) is 47.2 Å². The highest BCUT2D eigenvalue weighted by atomic mass is 19.4. The first-order valence-corrected chi connectivity index (χ1v) is 13.5. The normalized spacial score (nSPS) is 21.4. The summed E-state index contributed by atoms with van der Waals surface area (Å²) in [5.74, 6) is -0.388. The number of halogens is 3. The molecule has 2 aromatic carbocycles. The number of hydrogen-bond acceptors (Lipinski definition) is 5. The molecule has 7 rings (SSSR count). The first kappa shape index (κ1) is 24.8. The van der Waals surface area contributed by atoms with E-state index in [0.29, 0.717) is 42.8 Å². The van der Waals surface area contributed by atoms with Crippen LogP contribution >= 0.6 is 0 Å². The van der Waals surface area contributed by atoms with Crippen LogP contribution in [-0.4, -0.2) is 42.3 Å². The molecule has 0 unspecified atom stereocenters. The third-order valence-corrected chi connectivity index (χ3v) is 9.17. The molecule has 204 valence electrons. The zero-order chi connectivity index (χ0) is 27.0. The Labute approximate surface area is 224 Å². The molecule has 4 heterocycles. The van der Waals surface area contributed by atoms with Crippen molar-refractivity contribution >= 4 is 11.6 Å². The summed E-state index contributed by atoms with van der Waals surface area (Å²) in [7, 11) is 0. The summed E-state index contributed by atoms with van der Waals surface area (Å²) >= 11 is 0. The SMILES string of the molecule is Cc1conc1CC1(c2cccc(N3Cc4c(cc(CN5CCC6(CC6)C5)cc4C(F)(F)F)C3=O)c2)COC1. The van der Waals surface area contributed by atoms with Gasteiger partial charge in [-0.05, 0) is 79.1 Å². The van der Waals surface area contributed by atoms with E-state index in [1.165, 1.54) is 23.8 Å². The van der Waals surface area contributed by atoms with E-state index in [1.807, 2.05) is 25.1 Å². The van der Waals surface area contributed by atoms with Crippen LogP contribution in [0.3, 0.4) is 0 Å². The summed E-state index contributed by atoms with van der Waals surface area (Å²) < 4.78 is 53.4. The molecule has 3 aromatic rings. The zero-order valence-corrected chi connectivity index (χ0v) is 21.8. The molecule has 1 amide bonds. The molecule has 6 nitrogen and oxygen atoms in total. The fourth-order valence-corrected chi connectivity index (χ4v) is 6.55. The van der Waals surface area contributed by atoms with E-state index < -0.39 is 11.7 Å². The number of fused-ring (bicyclic) bond motifs is 1. The van der Waals surface area contributed by atoms with Crippen molar-refractivity contribution in [2.24, 2.45) is 5.41 Å². The van der Waals surface area contributed by atoms with Crippen molar-refractivity contribution < 1.29 is 27.2 Å². The molecule has 1 spiro atoms. The molecule has 3 fully saturated rings. The summed E-state index contributed by atoms with van der Waals surface area (Å²) in [5.41, 5.74) is 3.48. The van der Waals surface area contributed by atoms with Crippen molar-refractivity contribution in [1.82, 2.24) is 10.1 Å². The van der Waals surface area contributed by atoms with Crippen molar-refractivity contribution in [3.8, 4) is 0 Å². The lowest BCUT2D eigenvalue weighted by atomic mass is 9.74. The van der Waals surface area contributed by atoms with Gasteiger partial charge in [0.2, 0.25) is 0 Å². The standard InChI is InChI=1S/C30H30F3N3O3/c1-19-15-39-34-26(19)12-29(17-38-18-29)21-3-2-4-22(11-21)36-14-24-23(27(36)37)9-20(10-25(24)30(31,32)33)13-35-8-7-28(16-35)5-6-28/h2-4,9-11,15H,5-8,12-14,16-18H2,1H3. The van der Waals surface area contributed by atoms with Crippen molar-refractivity contribution in [2.45, 2.75) is 57.3 Å². The molecule has 2 saturated heterocycles. The average molecular weight is 538 g/mol. The number of hydrogen-bond donors (Lipinski definition) is 0. The molecule has 39 heavy (non-hydrogen) atoms. The molecule has 0 bridgehead atoms. The summed E-state index contributed by atoms with van der Waals surface area (Å²) in [5, 5.41) is 4.13. The molecule has 1 aliphatic carbocycles. The number of alkyl halides is 3. The summed E-state index contributed by atoms with van der Waals surface area (Å²) in [6.45, 7) is 5.08. The second-order valence-electron chi connectivity index (χ2n) is 12.0. The maximum atomic E-state index is 14.2. The highest BCUT2D eigenvalue weighted by Crippen LogP contribution is 2.53. The number of carbonyl (C=O) groups is 1. The van der Waals surface area contributed by atoms with Gasteiger partial charge in [-0.1, -0.05) is 17.3 Å². The number of likely N-dealkylation sites (tertiary alicyclic amines) is 1. The Kier molecular flexibility index (Phi) is 5.52. The molecule has 1 aromatic heterocycles. The number of anilines is 1. The van der Waals surface area contributed by atoms with E-state index in [-0.39, 0.29) is 29.0 Å². The van der Waals surface area contributed by atoms with Crippen LogP contribution < -0.4 is 4.90 Å². The van der Waals surface area contributed by atoms with E-state index in [9.17, 15) is 18.0 Å². The monoisotopic (exact) mass is 537 g/mol. The highest BCUT2D eigenvalue weighted by Gasteiger charge is 2.48. The van der Waals surface area contributed by atoms with Crippen molar-refractivity contribution in [3.63, 3.8) is 0 Å². The molecular weight excluding hydrogens is 507 g/mol. The van der Waals surface area contributed by atoms with Crippen LogP contribution in [0, 0.1) is 12.3 Å². The Bertz CT molecular complexity index is 1460. The fraction of sp³-hybridized carbons (Fsp3) is 0.467. The lowest BCUT2D eigenvalue weighted by Crippen LogP contribution is -2.48. The summed E-state index contributed by atoms with van der Waals surface area (Å²) in [6.07, 6.45) is 1.21. The second kappa shape index (κ2) is 8.66. The van der Waals surface area contributed by atoms with Crippen molar-refractivity contribution in [1.29, 1.82) is 0 Å².